The molecule has 0 radical (unpaired) electrons. The monoisotopic (exact) mass is 509 g/mol. The average molecular weight is 510 g/mol. The molecule has 4 aliphatic carbocycles. The Bertz CT molecular complexity index is 960. The van der Waals surface area contributed by atoms with E-state index in [1.165, 1.54) is 11.8 Å². The van der Waals surface area contributed by atoms with Gasteiger partial charge in [-0.3, -0.25) is 9.59 Å². The summed E-state index contributed by atoms with van der Waals surface area (Å²) in [7, 11) is 0. The number of halogens is 2. The van der Waals surface area contributed by atoms with Gasteiger partial charge in [0, 0.05) is 19.1 Å². The van der Waals surface area contributed by atoms with Crippen LogP contribution in [0.1, 0.15) is 62.2 Å². The van der Waals surface area contributed by atoms with E-state index in [0.29, 0.717) is 61.1 Å². The van der Waals surface area contributed by atoms with Crippen molar-refractivity contribution >= 4 is 29.5 Å². The van der Waals surface area contributed by atoms with Gasteiger partial charge in [0.1, 0.15) is 10.8 Å². The number of hydrogen-bond acceptors (Lipinski definition) is 6. The van der Waals surface area contributed by atoms with Crippen molar-refractivity contribution in [1.82, 2.24) is 10.3 Å². The lowest BCUT2D eigenvalue weighted by molar-refractivity contribution is -0.260. The molecule has 3 unspecified atom stereocenters. The Kier molecular flexibility index (Phi) is 6.96. The summed E-state index contributed by atoms with van der Waals surface area (Å²) in [5.41, 5.74) is -0.214. The molecule has 10 heteroatoms. The zero-order valence-electron chi connectivity index (χ0n) is 19.9. The third-order valence-corrected chi connectivity index (χ3v) is 9.45. The van der Waals surface area contributed by atoms with Gasteiger partial charge in [-0.2, -0.15) is 8.78 Å². The number of ether oxygens (including phenoxy) is 1. The number of aromatic nitrogens is 1. The lowest BCUT2D eigenvalue weighted by atomic mass is 9.52. The fourth-order valence-corrected chi connectivity index (χ4v) is 7.88. The second kappa shape index (κ2) is 9.84. The van der Waals surface area contributed by atoms with Crippen molar-refractivity contribution in [2.45, 2.75) is 75.1 Å². The molecule has 4 saturated carbocycles. The van der Waals surface area contributed by atoms with Crippen LogP contribution in [-0.2, 0) is 9.53 Å². The molecule has 192 valence electrons. The quantitative estimate of drug-likeness (QED) is 0.477. The number of carbonyl (C=O) groups is 2. The highest BCUT2D eigenvalue weighted by Crippen LogP contribution is 2.57. The predicted molar refractivity (Wildman–Crippen MR) is 128 cm³/mol. The van der Waals surface area contributed by atoms with Crippen LogP contribution < -0.4 is 10.2 Å². The van der Waals surface area contributed by atoms with Gasteiger partial charge in [0.25, 0.3) is 5.91 Å². The number of nitrogens with one attached hydrogen (secondary N) is 1. The number of alkyl halides is 2. The van der Waals surface area contributed by atoms with E-state index in [2.05, 4.69) is 12.2 Å². The molecule has 2 heterocycles. The van der Waals surface area contributed by atoms with Crippen LogP contribution in [0.3, 0.4) is 0 Å². The molecule has 1 amide bonds. The first-order chi connectivity index (χ1) is 16.8. The Balaban J connectivity index is 1.31. The molecule has 0 spiro atoms. The Labute approximate surface area is 208 Å². The number of hydrogen-bond donors (Lipinski definition) is 2. The van der Waals surface area contributed by atoms with E-state index >= 15 is 0 Å². The number of carboxylic acids is 1. The second-order valence-electron chi connectivity index (χ2n) is 10.7. The first-order valence-electron chi connectivity index (χ1n) is 12.7. The van der Waals surface area contributed by atoms with Crippen molar-refractivity contribution in [3.05, 3.63) is 17.7 Å². The number of anilines is 1. The molecular formula is C25H33F2N3O4S. The number of nitrogens with zero attached hydrogens (tertiary/aromatic N) is 2. The summed E-state index contributed by atoms with van der Waals surface area (Å²) in [4.78, 5) is 31.5. The molecule has 2 N–H and O–H groups in total. The van der Waals surface area contributed by atoms with Gasteiger partial charge in [-0.1, -0.05) is 6.92 Å². The van der Waals surface area contributed by atoms with E-state index in [0.717, 1.165) is 25.0 Å². The van der Waals surface area contributed by atoms with E-state index in [-0.39, 0.29) is 23.8 Å². The van der Waals surface area contributed by atoms with Gasteiger partial charge in [-0.15, -0.1) is 11.8 Å². The highest BCUT2D eigenvalue weighted by Gasteiger charge is 2.57. The van der Waals surface area contributed by atoms with E-state index in [9.17, 15) is 23.5 Å². The summed E-state index contributed by atoms with van der Waals surface area (Å²) < 4.78 is 31.3. The molecule has 7 nitrogen and oxygen atoms in total. The molecule has 5 aliphatic rings. The number of carboxylic acid groups (broad SMARTS) is 1. The van der Waals surface area contributed by atoms with E-state index in [4.69, 9.17) is 9.72 Å². The molecule has 35 heavy (non-hydrogen) atoms. The van der Waals surface area contributed by atoms with Gasteiger partial charge in [-0.05, 0) is 80.6 Å². The van der Waals surface area contributed by atoms with Gasteiger partial charge in [0.2, 0.25) is 0 Å². The van der Waals surface area contributed by atoms with Crippen LogP contribution in [0.15, 0.2) is 17.2 Å². The standard InChI is InChI=1S/C25H33F2N3O4S/c1-2-7-35-22-18(3-4-19(28-22)30-6-5-15(13-30)23(32)33)21(31)29-20-16-8-14-9-17(20)12-25(10-14,11-16)34-24(26)27/h3-4,14-17,20,24H,2,5-13H2,1H3,(H,29,31)(H,32,33)/t14?,15?,16?,17?,20-,25+. The maximum absolute atomic E-state index is 13.4. The number of thioether (sulfide) groups is 1. The maximum atomic E-state index is 13.4. The largest absolute Gasteiger partial charge is 0.481 e. The molecule has 1 aliphatic heterocycles. The molecule has 4 bridgehead atoms. The fraction of sp³-hybridized carbons (Fsp3) is 0.720. The van der Waals surface area contributed by atoms with Gasteiger partial charge in [0.15, 0.2) is 0 Å². The molecule has 6 rings (SSSR count). The maximum Gasteiger partial charge on any atom is 0.345 e. The lowest BCUT2D eigenvalue weighted by Crippen LogP contribution is -2.62. The Morgan fingerprint density at radius 3 is 2.66 bits per heavy atom. The Morgan fingerprint density at radius 2 is 2.03 bits per heavy atom. The van der Waals surface area contributed by atoms with Crippen LogP contribution in [0.25, 0.3) is 0 Å². The third-order valence-electron chi connectivity index (χ3n) is 8.25. The van der Waals surface area contributed by atoms with Crippen LogP contribution >= 0.6 is 11.8 Å². The van der Waals surface area contributed by atoms with Gasteiger partial charge >= 0.3 is 12.6 Å². The number of rotatable bonds is 9. The molecule has 0 aromatic carbocycles. The van der Waals surface area contributed by atoms with Crippen LogP contribution in [0.4, 0.5) is 14.6 Å². The SMILES string of the molecule is CCCSc1nc(N2CCC(C(=O)O)C2)ccc1C(=O)N[C@H]1C2CC3CC1C[C@@](OC(F)F)(C3)C2. The molecule has 1 saturated heterocycles. The summed E-state index contributed by atoms with van der Waals surface area (Å²) in [6, 6.07) is 3.56. The number of aliphatic carboxylic acids is 1. The highest BCUT2D eigenvalue weighted by molar-refractivity contribution is 7.99. The molecular weight excluding hydrogens is 476 g/mol. The zero-order chi connectivity index (χ0) is 24.7. The van der Waals surface area contributed by atoms with Gasteiger partial charge < -0.3 is 20.1 Å². The van der Waals surface area contributed by atoms with Crippen molar-refractivity contribution in [3.8, 4) is 0 Å². The summed E-state index contributed by atoms with van der Waals surface area (Å²) in [6.45, 7) is 0.354. The van der Waals surface area contributed by atoms with Crippen molar-refractivity contribution in [2.24, 2.45) is 23.7 Å². The smallest absolute Gasteiger partial charge is 0.345 e. The third kappa shape index (κ3) is 5.01. The first-order valence-corrected chi connectivity index (χ1v) is 13.6. The van der Waals surface area contributed by atoms with Crippen LogP contribution in [0, 0.1) is 23.7 Å². The summed E-state index contributed by atoms with van der Waals surface area (Å²) in [5, 5.41) is 13.2. The normalized spacial score (nSPS) is 33.5. The number of carbonyl (C=O) groups excluding carboxylic acids is 1. The van der Waals surface area contributed by atoms with E-state index < -0.39 is 24.1 Å². The van der Waals surface area contributed by atoms with Gasteiger partial charge in [-0.25, -0.2) is 4.98 Å². The summed E-state index contributed by atoms with van der Waals surface area (Å²) in [5.74, 6) is 0.852. The Morgan fingerprint density at radius 1 is 1.29 bits per heavy atom. The van der Waals surface area contributed by atoms with Gasteiger partial charge in [0.05, 0.1) is 17.1 Å². The highest BCUT2D eigenvalue weighted by atomic mass is 32.2. The minimum atomic E-state index is -2.76. The molecule has 3 atom stereocenters. The van der Waals surface area contributed by atoms with Crippen molar-refractivity contribution in [1.29, 1.82) is 0 Å². The second-order valence-corrected chi connectivity index (χ2v) is 11.8. The number of amides is 1. The fourth-order valence-electron chi connectivity index (χ4n) is 7.01. The van der Waals surface area contributed by atoms with Crippen LogP contribution in [-0.4, -0.2) is 59.1 Å². The zero-order valence-corrected chi connectivity index (χ0v) is 20.7. The topological polar surface area (TPSA) is 91.8 Å². The average Bonchev–Trinajstić information content (AvgIpc) is 3.29. The van der Waals surface area contributed by atoms with Crippen molar-refractivity contribution in [2.75, 3.05) is 23.7 Å². The first kappa shape index (κ1) is 24.7. The molecule has 5 fully saturated rings. The predicted octanol–water partition coefficient (Wildman–Crippen LogP) is 4.41. The Hall–Kier alpha value is -1.94. The summed E-state index contributed by atoms with van der Waals surface area (Å²) >= 11 is 1.53. The molecule has 1 aromatic rings. The molecule has 1 aromatic heterocycles. The minimum absolute atomic E-state index is 0.0351. The van der Waals surface area contributed by atoms with Crippen molar-refractivity contribution < 1.29 is 28.2 Å². The minimum Gasteiger partial charge on any atom is -0.481 e. The van der Waals surface area contributed by atoms with E-state index in [1.54, 1.807) is 12.1 Å². The van der Waals surface area contributed by atoms with Crippen LogP contribution in [0.5, 0.6) is 0 Å². The van der Waals surface area contributed by atoms with E-state index in [1.807, 2.05) is 4.90 Å². The number of pyridine rings is 1. The van der Waals surface area contributed by atoms with Crippen LogP contribution in [0.2, 0.25) is 0 Å². The lowest BCUT2D eigenvalue weighted by Gasteiger charge is -2.59. The van der Waals surface area contributed by atoms with Crippen molar-refractivity contribution in [3.63, 3.8) is 0 Å². The summed E-state index contributed by atoms with van der Waals surface area (Å²) in [6.07, 6.45) is 5.26.